The lowest BCUT2D eigenvalue weighted by Crippen LogP contribution is -2.46. The fourth-order valence-electron chi connectivity index (χ4n) is 4.35. The summed E-state index contributed by atoms with van der Waals surface area (Å²) in [6.07, 6.45) is 4.85. The Balaban J connectivity index is 1.14. The molecule has 2 saturated heterocycles. The molecule has 0 spiro atoms. The van der Waals surface area contributed by atoms with Crippen molar-refractivity contribution in [3.63, 3.8) is 0 Å². The first-order valence-electron chi connectivity index (χ1n) is 11.1. The maximum absolute atomic E-state index is 11.3. The predicted octanol–water partition coefficient (Wildman–Crippen LogP) is 4.22. The molecule has 2 fully saturated rings. The number of hydrogen-bond acceptors (Lipinski definition) is 5. The highest BCUT2D eigenvalue weighted by Crippen LogP contribution is 2.29. The average molecular weight is 409 g/mol. The van der Waals surface area contributed by atoms with Gasteiger partial charge >= 0.3 is 5.97 Å². The first kappa shape index (κ1) is 20.7. The smallest absolute Gasteiger partial charge is 0.306 e. The third kappa shape index (κ3) is 5.33. The second-order valence-electron chi connectivity index (χ2n) is 8.24. The maximum atomic E-state index is 11.3. The summed E-state index contributed by atoms with van der Waals surface area (Å²) in [5.74, 6) is 0.836. The van der Waals surface area contributed by atoms with Gasteiger partial charge < -0.3 is 14.4 Å². The summed E-state index contributed by atoms with van der Waals surface area (Å²) < 4.78 is 10.6. The van der Waals surface area contributed by atoms with Crippen LogP contribution in [0.1, 0.15) is 42.9 Å². The SMILES string of the molecule is COc1ccc(N2CCN(CCCCc3ccc(C4CCC(=O)O4)cc3)CC2)cc1. The minimum absolute atomic E-state index is 0.0388. The zero-order valence-corrected chi connectivity index (χ0v) is 17.9. The van der Waals surface area contributed by atoms with E-state index in [1.165, 1.54) is 30.6 Å². The predicted molar refractivity (Wildman–Crippen MR) is 119 cm³/mol. The van der Waals surface area contributed by atoms with Gasteiger partial charge in [-0.1, -0.05) is 24.3 Å². The molecule has 5 heteroatoms. The van der Waals surface area contributed by atoms with Gasteiger partial charge in [0, 0.05) is 38.3 Å². The van der Waals surface area contributed by atoms with Gasteiger partial charge in [-0.15, -0.1) is 0 Å². The van der Waals surface area contributed by atoms with Gasteiger partial charge in [0.05, 0.1) is 7.11 Å². The van der Waals surface area contributed by atoms with Crippen LogP contribution in [0, 0.1) is 0 Å². The Kier molecular flexibility index (Phi) is 6.90. The number of ether oxygens (including phenoxy) is 2. The van der Waals surface area contributed by atoms with Crippen LogP contribution < -0.4 is 9.64 Å². The monoisotopic (exact) mass is 408 g/mol. The van der Waals surface area contributed by atoms with Gasteiger partial charge in [-0.3, -0.25) is 9.69 Å². The van der Waals surface area contributed by atoms with Gasteiger partial charge in [-0.05, 0) is 67.6 Å². The number of carbonyl (C=O) groups excluding carboxylic acids is 1. The molecular weight excluding hydrogens is 376 g/mol. The quantitative estimate of drug-likeness (QED) is 0.483. The molecule has 0 bridgehead atoms. The number of carbonyl (C=O) groups is 1. The molecular formula is C25H32N2O3. The van der Waals surface area contributed by atoms with Crippen molar-refractivity contribution in [1.82, 2.24) is 4.90 Å². The van der Waals surface area contributed by atoms with Crippen LogP contribution in [0.4, 0.5) is 5.69 Å². The number of aryl methyl sites for hydroxylation is 1. The number of unbranched alkanes of at least 4 members (excludes halogenated alkanes) is 1. The molecule has 5 nitrogen and oxygen atoms in total. The summed E-state index contributed by atoms with van der Waals surface area (Å²) in [7, 11) is 1.71. The molecule has 0 aromatic heterocycles. The second kappa shape index (κ2) is 9.98. The van der Waals surface area contributed by atoms with Gasteiger partial charge in [0.15, 0.2) is 0 Å². The average Bonchev–Trinajstić information content (AvgIpc) is 3.24. The molecule has 0 N–H and O–H groups in total. The number of benzene rings is 2. The molecule has 1 unspecified atom stereocenters. The number of anilines is 1. The third-order valence-electron chi connectivity index (χ3n) is 6.24. The van der Waals surface area contributed by atoms with E-state index in [4.69, 9.17) is 9.47 Å². The molecule has 1 atom stereocenters. The molecule has 30 heavy (non-hydrogen) atoms. The zero-order valence-electron chi connectivity index (χ0n) is 17.9. The molecule has 0 amide bonds. The van der Waals surface area contributed by atoms with Crippen LogP contribution in [0.5, 0.6) is 5.75 Å². The van der Waals surface area contributed by atoms with E-state index in [1.54, 1.807) is 7.11 Å². The highest BCUT2D eigenvalue weighted by molar-refractivity contribution is 5.71. The summed E-state index contributed by atoms with van der Waals surface area (Å²) in [4.78, 5) is 16.3. The normalized spacial score (nSPS) is 19.7. The van der Waals surface area contributed by atoms with E-state index in [0.29, 0.717) is 6.42 Å². The van der Waals surface area contributed by atoms with Gasteiger partial charge in [0.2, 0.25) is 0 Å². The molecule has 2 aliphatic rings. The standard InChI is InChI=1S/C25H32N2O3/c1-29-23-11-9-22(10-12-23)27-18-16-26(17-19-27)15-3-2-4-20-5-7-21(8-6-20)24-13-14-25(28)30-24/h5-12,24H,2-4,13-19H2,1H3. The summed E-state index contributed by atoms with van der Waals surface area (Å²) in [6, 6.07) is 17.0. The number of methoxy groups -OCH3 is 1. The van der Waals surface area contributed by atoms with Gasteiger partial charge in [-0.2, -0.15) is 0 Å². The Bertz CT molecular complexity index is 811. The minimum Gasteiger partial charge on any atom is -0.497 e. The molecule has 4 rings (SSSR count). The topological polar surface area (TPSA) is 42.0 Å². The zero-order chi connectivity index (χ0) is 20.8. The fraction of sp³-hybridized carbons (Fsp3) is 0.480. The Morgan fingerprint density at radius 2 is 1.70 bits per heavy atom. The Morgan fingerprint density at radius 3 is 2.33 bits per heavy atom. The number of cyclic esters (lactones) is 1. The van der Waals surface area contributed by atoms with Crippen molar-refractivity contribution in [2.45, 2.75) is 38.2 Å². The van der Waals surface area contributed by atoms with Crippen molar-refractivity contribution >= 4 is 11.7 Å². The summed E-state index contributed by atoms with van der Waals surface area (Å²) in [5.41, 5.74) is 3.78. The molecule has 2 aromatic carbocycles. The minimum atomic E-state index is -0.0751. The van der Waals surface area contributed by atoms with Crippen LogP contribution in [0.15, 0.2) is 48.5 Å². The fourth-order valence-corrected chi connectivity index (χ4v) is 4.35. The van der Waals surface area contributed by atoms with E-state index in [1.807, 2.05) is 12.1 Å². The van der Waals surface area contributed by atoms with Crippen molar-refractivity contribution in [3.8, 4) is 5.75 Å². The van der Waals surface area contributed by atoms with E-state index in [0.717, 1.165) is 50.3 Å². The number of esters is 1. The largest absolute Gasteiger partial charge is 0.497 e. The van der Waals surface area contributed by atoms with Gasteiger partial charge in [0.25, 0.3) is 0 Å². The van der Waals surface area contributed by atoms with E-state index in [9.17, 15) is 4.79 Å². The van der Waals surface area contributed by atoms with E-state index in [2.05, 4.69) is 46.2 Å². The van der Waals surface area contributed by atoms with Crippen molar-refractivity contribution in [3.05, 3.63) is 59.7 Å². The molecule has 0 saturated carbocycles. The Labute approximate surface area is 179 Å². The number of hydrogen-bond donors (Lipinski definition) is 0. The highest BCUT2D eigenvalue weighted by Gasteiger charge is 2.24. The molecule has 2 aliphatic heterocycles. The van der Waals surface area contributed by atoms with Crippen molar-refractivity contribution in [2.24, 2.45) is 0 Å². The first-order chi connectivity index (χ1) is 14.7. The molecule has 160 valence electrons. The van der Waals surface area contributed by atoms with E-state index >= 15 is 0 Å². The third-order valence-corrected chi connectivity index (χ3v) is 6.24. The summed E-state index contributed by atoms with van der Waals surface area (Å²) >= 11 is 0. The maximum Gasteiger partial charge on any atom is 0.306 e. The Morgan fingerprint density at radius 1 is 0.967 bits per heavy atom. The van der Waals surface area contributed by atoms with Gasteiger partial charge in [0.1, 0.15) is 11.9 Å². The van der Waals surface area contributed by atoms with Crippen LogP contribution in [-0.2, 0) is 16.0 Å². The van der Waals surface area contributed by atoms with Crippen molar-refractivity contribution < 1.29 is 14.3 Å². The Hall–Kier alpha value is -2.53. The summed E-state index contributed by atoms with van der Waals surface area (Å²) in [6.45, 7) is 5.59. The molecule has 0 radical (unpaired) electrons. The lowest BCUT2D eigenvalue weighted by Gasteiger charge is -2.36. The van der Waals surface area contributed by atoms with Gasteiger partial charge in [-0.25, -0.2) is 0 Å². The van der Waals surface area contributed by atoms with E-state index < -0.39 is 0 Å². The molecule has 2 heterocycles. The van der Waals surface area contributed by atoms with Crippen molar-refractivity contribution in [2.75, 3.05) is 44.7 Å². The lowest BCUT2D eigenvalue weighted by molar-refractivity contribution is -0.141. The van der Waals surface area contributed by atoms with Crippen LogP contribution >= 0.6 is 0 Å². The number of nitrogens with zero attached hydrogens (tertiary/aromatic N) is 2. The van der Waals surface area contributed by atoms with Crippen LogP contribution in [0.3, 0.4) is 0 Å². The number of rotatable bonds is 8. The van der Waals surface area contributed by atoms with Crippen LogP contribution in [-0.4, -0.2) is 50.7 Å². The molecule has 2 aromatic rings. The van der Waals surface area contributed by atoms with Crippen LogP contribution in [0.2, 0.25) is 0 Å². The highest BCUT2D eigenvalue weighted by atomic mass is 16.5. The number of piperazine rings is 1. The van der Waals surface area contributed by atoms with Crippen molar-refractivity contribution in [1.29, 1.82) is 0 Å². The van der Waals surface area contributed by atoms with Crippen LogP contribution in [0.25, 0.3) is 0 Å². The van der Waals surface area contributed by atoms with E-state index in [-0.39, 0.29) is 12.1 Å². The second-order valence-corrected chi connectivity index (χ2v) is 8.24. The first-order valence-corrected chi connectivity index (χ1v) is 11.1. The summed E-state index contributed by atoms with van der Waals surface area (Å²) in [5, 5.41) is 0. The lowest BCUT2D eigenvalue weighted by atomic mass is 10.0. The molecule has 0 aliphatic carbocycles.